The minimum atomic E-state index is -0.829. The van der Waals surface area contributed by atoms with E-state index in [1.165, 1.54) is 0 Å². The summed E-state index contributed by atoms with van der Waals surface area (Å²) in [4.78, 5) is 12.6. The Kier molecular flexibility index (Phi) is 4.56. The molecule has 4 heteroatoms. The number of nitrogens with zero attached hydrogens (tertiary/aromatic N) is 1. The van der Waals surface area contributed by atoms with Gasteiger partial charge in [-0.3, -0.25) is 0 Å². The number of hydrogen-bond acceptors (Lipinski definition) is 2. The topological polar surface area (TPSA) is 40.5 Å². The van der Waals surface area contributed by atoms with Crippen LogP contribution in [0.3, 0.4) is 0 Å². The highest BCUT2D eigenvalue weighted by atomic mass is 35.5. The van der Waals surface area contributed by atoms with Crippen LogP contribution in [0.2, 0.25) is 0 Å². The second-order valence-corrected chi connectivity index (χ2v) is 3.10. The molecule has 0 amide bonds. The maximum atomic E-state index is 10.6. The number of halogens is 1. The molecule has 0 radical (unpaired) electrons. The summed E-state index contributed by atoms with van der Waals surface area (Å²) in [5.41, 5.74) is 0.450. The van der Waals surface area contributed by atoms with Crippen molar-refractivity contribution >= 4 is 18.4 Å². The van der Waals surface area contributed by atoms with Crippen LogP contribution in [0, 0.1) is 0 Å². The number of rotatable bonds is 2. The van der Waals surface area contributed by atoms with E-state index in [0.29, 0.717) is 18.2 Å². The normalized spacial score (nSPS) is 15.3. The van der Waals surface area contributed by atoms with Crippen molar-refractivity contribution in [1.82, 2.24) is 4.90 Å². The highest BCUT2D eigenvalue weighted by molar-refractivity contribution is 5.87. The van der Waals surface area contributed by atoms with E-state index in [1.54, 1.807) is 12.2 Å². The van der Waals surface area contributed by atoms with Crippen molar-refractivity contribution < 1.29 is 9.90 Å². The van der Waals surface area contributed by atoms with Crippen LogP contribution in [-0.2, 0) is 4.79 Å². The van der Waals surface area contributed by atoms with Gasteiger partial charge in [0.2, 0.25) is 0 Å². The van der Waals surface area contributed by atoms with E-state index < -0.39 is 5.97 Å². The summed E-state index contributed by atoms with van der Waals surface area (Å²) in [6.07, 6.45) is 5.32. The molecule has 1 heterocycles. The van der Waals surface area contributed by atoms with Gasteiger partial charge in [0.05, 0.1) is 5.57 Å². The Labute approximate surface area is 84.1 Å². The molecule has 0 unspecified atom stereocenters. The van der Waals surface area contributed by atoms with E-state index in [9.17, 15) is 4.79 Å². The van der Waals surface area contributed by atoms with Gasteiger partial charge in [-0.05, 0) is 32.2 Å². The number of hydrogen-bond donors (Lipinski definition) is 1. The molecule has 0 saturated heterocycles. The van der Waals surface area contributed by atoms with Crippen LogP contribution in [0.15, 0.2) is 23.9 Å². The van der Waals surface area contributed by atoms with Crippen molar-refractivity contribution in [3.63, 3.8) is 0 Å². The zero-order chi connectivity index (χ0) is 9.14. The monoisotopic (exact) mass is 203 g/mol. The Morgan fingerprint density at radius 2 is 2.23 bits per heavy atom. The highest BCUT2D eigenvalue weighted by Crippen LogP contribution is 2.10. The Morgan fingerprint density at radius 1 is 1.62 bits per heavy atom. The molecule has 13 heavy (non-hydrogen) atoms. The van der Waals surface area contributed by atoms with Gasteiger partial charge >= 0.3 is 5.97 Å². The summed E-state index contributed by atoms with van der Waals surface area (Å²) in [6.45, 7) is 4.58. The van der Waals surface area contributed by atoms with Crippen LogP contribution in [0.25, 0.3) is 0 Å². The van der Waals surface area contributed by atoms with E-state index in [0.717, 1.165) is 0 Å². The van der Waals surface area contributed by atoms with Gasteiger partial charge in [-0.15, -0.1) is 12.4 Å². The molecule has 3 nitrogen and oxygen atoms in total. The van der Waals surface area contributed by atoms with E-state index in [1.807, 2.05) is 24.9 Å². The van der Waals surface area contributed by atoms with Crippen LogP contribution >= 0.6 is 12.4 Å². The molecule has 1 rings (SSSR count). The third kappa shape index (κ3) is 3.11. The molecular weight excluding hydrogens is 190 g/mol. The molecule has 0 fully saturated rings. The molecule has 0 aromatic heterocycles. The van der Waals surface area contributed by atoms with Gasteiger partial charge in [0, 0.05) is 12.6 Å². The Balaban J connectivity index is 0.00000144. The summed E-state index contributed by atoms with van der Waals surface area (Å²) >= 11 is 0. The third-order valence-corrected chi connectivity index (χ3v) is 1.87. The smallest absolute Gasteiger partial charge is 0.333 e. The standard InChI is InChI=1S/C9H13NO2.ClH/c1-7(2)10-5-3-4-8(6-10)9(11)12;/h3-5,7H,6H2,1-2H3,(H,11,12);1H. The maximum absolute atomic E-state index is 10.6. The lowest BCUT2D eigenvalue weighted by molar-refractivity contribution is -0.132. The lowest BCUT2D eigenvalue weighted by Crippen LogP contribution is -2.30. The minimum Gasteiger partial charge on any atom is -0.478 e. The van der Waals surface area contributed by atoms with E-state index in [-0.39, 0.29) is 12.4 Å². The highest BCUT2D eigenvalue weighted by Gasteiger charge is 2.14. The van der Waals surface area contributed by atoms with Crippen LogP contribution in [0.4, 0.5) is 0 Å². The third-order valence-electron chi connectivity index (χ3n) is 1.87. The number of carbonyl (C=O) groups is 1. The summed E-state index contributed by atoms with van der Waals surface area (Å²) in [7, 11) is 0. The number of aliphatic carboxylic acids is 1. The molecule has 0 spiro atoms. The fourth-order valence-electron chi connectivity index (χ4n) is 1.07. The van der Waals surface area contributed by atoms with Crippen LogP contribution in [0.5, 0.6) is 0 Å². The van der Waals surface area contributed by atoms with Gasteiger partial charge in [0.25, 0.3) is 0 Å². The molecule has 0 atom stereocenters. The fourth-order valence-corrected chi connectivity index (χ4v) is 1.07. The minimum absolute atomic E-state index is 0. The quantitative estimate of drug-likeness (QED) is 0.742. The van der Waals surface area contributed by atoms with Crippen molar-refractivity contribution in [2.24, 2.45) is 0 Å². The molecule has 0 aromatic carbocycles. The number of carboxylic acid groups (broad SMARTS) is 1. The van der Waals surface area contributed by atoms with Crippen molar-refractivity contribution in [2.45, 2.75) is 19.9 Å². The summed E-state index contributed by atoms with van der Waals surface area (Å²) in [5.74, 6) is -0.829. The molecule has 0 aliphatic carbocycles. The zero-order valence-corrected chi connectivity index (χ0v) is 8.54. The molecule has 74 valence electrons. The molecule has 1 aliphatic rings. The number of allylic oxidation sites excluding steroid dienone is 2. The maximum Gasteiger partial charge on any atom is 0.333 e. The molecule has 1 aliphatic heterocycles. The van der Waals surface area contributed by atoms with Crippen LogP contribution in [-0.4, -0.2) is 28.6 Å². The fraction of sp³-hybridized carbons (Fsp3) is 0.444. The summed E-state index contributed by atoms with van der Waals surface area (Å²) < 4.78 is 0. The summed E-state index contributed by atoms with van der Waals surface area (Å²) in [6, 6.07) is 0.351. The average molecular weight is 204 g/mol. The van der Waals surface area contributed by atoms with E-state index in [4.69, 9.17) is 5.11 Å². The first-order valence-corrected chi connectivity index (χ1v) is 3.97. The first kappa shape index (κ1) is 12.0. The largest absolute Gasteiger partial charge is 0.478 e. The van der Waals surface area contributed by atoms with Crippen LogP contribution < -0.4 is 0 Å². The molecular formula is C9H14ClNO2. The van der Waals surface area contributed by atoms with Gasteiger partial charge in [0.15, 0.2) is 0 Å². The van der Waals surface area contributed by atoms with Gasteiger partial charge in [-0.1, -0.05) is 0 Å². The SMILES string of the molecule is CC(C)N1C=CC=C(C(=O)O)C1.Cl. The average Bonchev–Trinajstić information content (AvgIpc) is 2.04. The van der Waals surface area contributed by atoms with Gasteiger partial charge in [0.1, 0.15) is 0 Å². The zero-order valence-electron chi connectivity index (χ0n) is 7.73. The first-order chi connectivity index (χ1) is 5.61. The Morgan fingerprint density at radius 3 is 2.69 bits per heavy atom. The van der Waals surface area contributed by atoms with Gasteiger partial charge < -0.3 is 10.0 Å². The van der Waals surface area contributed by atoms with Gasteiger partial charge in [-0.2, -0.15) is 0 Å². The summed E-state index contributed by atoms with van der Waals surface area (Å²) in [5, 5.41) is 8.71. The Bertz CT molecular complexity index is 246. The van der Waals surface area contributed by atoms with E-state index >= 15 is 0 Å². The molecule has 0 bridgehead atoms. The molecule has 0 saturated carbocycles. The van der Waals surface area contributed by atoms with Crippen molar-refractivity contribution in [1.29, 1.82) is 0 Å². The predicted molar refractivity (Wildman–Crippen MR) is 53.9 cm³/mol. The second kappa shape index (κ2) is 4.92. The van der Waals surface area contributed by atoms with E-state index in [2.05, 4.69) is 0 Å². The predicted octanol–water partition coefficient (Wildman–Crippen LogP) is 1.66. The second-order valence-electron chi connectivity index (χ2n) is 3.10. The lowest BCUT2D eigenvalue weighted by atomic mass is 10.1. The van der Waals surface area contributed by atoms with Crippen LogP contribution in [0.1, 0.15) is 13.8 Å². The Hall–Kier alpha value is -0.960. The number of carboxylic acids is 1. The first-order valence-electron chi connectivity index (χ1n) is 3.97. The molecule has 1 N–H and O–H groups in total. The van der Waals surface area contributed by atoms with Crippen molar-refractivity contribution in [2.75, 3.05) is 6.54 Å². The van der Waals surface area contributed by atoms with Crippen molar-refractivity contribution in [3.05, 3.63) is 23.9 Å². The van der Waals surface area contributed by atoms with Gasteiger partial charge in [-0.25, -0.2) is 4.79 Å². The van der Waals surface area contributed by atoms with Crippen molar-refractivity contribution in [3.8, 4) is 0 Å². The lowest BCUT2D eigenvalue weighted by Gasteiger charge is -2.26. The molecule has 0 aromatic rings.